The third-order valence-electron chi connectivity index (χ3n) is 6.21. The van der Waals surface area contributed by atoms with Crippen LogP contribution in [0, 0.1) is 6.92 Å². The summed E-state index contributed by atoms with van der Waals surface area (Å²) in [5.74, 6) is -1.36. The number of carbonyl (C=O) groups excluding carboxylic acids is 1. The van der Waals surface area contributed by atoms with Crippen molar-refractivity contribution in [2.75, 3.05) is 5.32 Å². The van der Waals surface area contributed by atoms with Gasteiger partial charge >= 0.3 is 0 Å². The molecular formula is C29H22Cl2N2O3. The molecular weight excluding hydrogens is 495 g/mol. The predicted octanol–water partition coefficient (Wildman–Crippen LogP) is 7.32. The Labute approximate surface area is 217 Å². The van der Waals surface area contributed by atoms with Gasteiger partial charge in [-0.05, 0) is 65.2 Å². The summed E-state index contributed by atoms with van der Waals surface area (Å²) in [6.07, 6.45) is 0.291. The second kappa shape index (κ2) is 9.69. The molecule has 0 amide bonds. The van der Waals surface area contributed by atoms with Crippen molar-refractivity contribution in [3.05, 3.63) is 106 Å². The molecule has 0 saturated heterocycles. The van der Waals surface area contributed by atoms with Gasteiger partial charge < -0.3 is 15.5 Å². The number of nitrogens with zero attached hydrogens (tertiary/aromatic N) is 1. The van der Waals surface area contributed by atoms with E-state index in [4.69, 9.17) is 23.2 Å². The second-order valence-corrected chi connectivity index (χ2v) is 9.60. The number of hydrogen-bond acceptors (Lipinski definition) is 5. The van der Waals surface area contributed by atoms with E-state index < -0.39 is 17.7 Å². The zero-order chi connectivity index (χ0) is 25.4. The summed E-state index contributed by atoms with van der Waals surface area (Å²) >= 11 is 12.2. The van der Waals surface area contributed by atoms with Crippen LogP contribution in [0.1, 0.15) is 21.5 Å². The number of aryl methyl sites for hydroxylation is 1. The normalized spacial score (nSPS) is 12.1. The Morgan fingerprint density at radius 2 is 1.64 bits per heavy atom. The number of aromatic hydroxyl groups is 2. The summed E-state index contributed by atoms with van der Waals surface area (Å²) in [6.45, 7) is 1.76. The summed E-state index contributed by atoms with van der Waals surface area (Å²) < 4.78 is 0. The van der Waals surface area contributed by atoms with Crippen LogP contribution in [0.4, 0.5) is 5.69 Å². The summed E-state index contributed by atoms with van der Waals surface area (Å²) in [7, 11) is 0. The molecule has 0 fully saturated rings. The number of hydrogen-bond donors (Lipinski definition) is 3. The molecule has 7 heteroatoms. The topological polar surface area (TPSA) is 82.5 Å². The Morgan fingerprint density at radius 1 is 0.917 bits per heavy atom. The van der Waals surface area contributed by atoms with Gasteiger partial charge in [0.25, 0.3) is 0 Å². The fraction of sp³-hybridized carbons (Fsp3) is 0.103. The maximum atomic E-state index is 13.9. The summed E-state index contributed by atoms with van der Waals surface area (Å²) in [5, 5.41) is 28.6. The first-order chi connectivity index (χ1) is 17.3. The average molecular weight is 517 g/mol. The first-order valence-corrected chi connectivity index (χ1v) is 12.1. The minimum Gasteiger partial charge on any atom is -0.506 e. The molecule has 1 heterocycles. The van der Waals surface area contributed by atoms with E-state index in [1.165, 1.54) is 6.07 Å². The SMILES string of the molecule is Cc1cc(Cl)cc2nc(O)c(C(=O)C(Cc3ccc(Cl)cc3)Nc3ccc4ccccc4c3)c(O)c12. The maximum absolute atomic E-state index is 13.9. The lowest BCUT2D eigenvalue weighted by atomic mass is 9.95. The summed E-state index contributed by atoms with van der Waals surface area (Å²) in [4.78, 5) is 18.0. The molecule has 0 bridgehead atoms. The van der Waals surface area contributed by atoms with Gasteiger partial charge in [0.2, 0.25) is 5.88 Å². The smallest absolute Gasteiger partial charge is 0.226 e. The Bertz CT molecular complexity index is 1620. The number of aromatic nitrogens is 1. The van der Waals surface area contributed by atoms with Crippen molar-refractivity contribution in [1.29, 1.82) is 0 Å². The van der Waals surface area contributed by atoms with E-state index in [0.29, 0.717) is 32.9 Å². The lowest BCUT2D eigenvalue weighted by molar-refractivity contribution is 0.0963. The first kappa shape index (κ1) is 23.9. The summed E-state index contributed by atoms with van der Waals surface area (Å²) in [6, 6.07) is 23.4. The zero-order valence-corrected chi connectivity index (χ0v) is 20.8. The highest BCUT2D eigenvalue weighted by Gasteiger charge is 2.29. The van der Waals surface area contributed by atoms with E-state index in [-0.39, 0.29) is 11.3 Å². The Balaban J connectivity index is 1.59. The van der Waals surface area contributed by atoms with Gasteiger partial charge in [-0.2, -0.15) is 0 Å². The number of pyridine rings is 1. The third-order valence-corrected chi connectivity index (χ3v) is 6.68. The number of fused-ring (bicyclic) bond motifs is 2. The van der Waals surface area contributed by atoms with E-state index in [9.17, 15) is 15.0 Å². The number of halogens is 2. The van der Waals surface area contributed by atoms with Crippen molar-refractivity contribution in [2.45, 2.75) is 19.4 Å². The quantitative estimate of drug-likeness (QED) is 0.206. The molecule has 1 unspecified atom stereocenters. The van der Waals surface area contributed by atoms with Gasteiger partial charge in [0.1, 0.15) is 11.3 Å². The lowest BCUT2D eigenvalue weighted by Gasteiger charge is -2.21. The maximum Gasteiger partial charge on any atom is 0.226 e. The van der Waals surface area contributed by atoms with Crippen LogP contribution in [-0.2, 0) is 6.42 Å². The molecule has 0 spiro atoms. The van der Waals surface area contributed by atoms with Gasteiger partial charge in [0.15, 0.2) is 5.78 Å². The monoisotopic (exact) mass is 516 g/mol. The molecule has 0 aliphatic heterocycles. The van der Waals surface area contributed by atoms with Gasteiger partial charge in [-0.15, -0.1) is 0 Å². The van der Waals surface area contributed by atoms with E-state index in [1.807, 2.05) is 54.6 Å². The van der Waals surface area contributed by atoms with Crippen LogP contribution in [0.5, 0.6) is 11.6 Å². The Kier molecular flexibility index (Phi) is 6.44. The molecule has 1 aromatic heterocycles. The van der Waals surface area contributed by atoms with E-state index >= 15 is 0 Å². The molecule has 5 rings (SSSR count). The van der Waals surface area contributed by atoms with E-state index in [2.05, 4.69) is 10.3 Å². The van der Waals surface area contributed by atoms with Crippen molar-refractivity contribution >= 4 is 56.3 Å². The average Bonchev–Trinajstić information content (AvgIpc) is 2.84. The van der Waals surface area contributed by atoms with Crippen LogP contribution in [0.15, 0.2) is 78.9 Å². The van der Waals surface area contributed by atoms with Crippen molar-refractivity contribution in [2.24, 2.45) is 0 Å². The standard InChI is InChI=1S/C29H22Cl2N2O3/c1-16-12-21(31)15-23-25(16)28(35)26(29(36)33-23)27(34)24(13-17-6-9-20(30)10-7-17)32-22-11-8-18-4-2-3-5-19(18)14-22/h2-12,14-15,24,32H,13H2,1H3,(H2,33,35,36). The molecule has 0 saturated carbocycles. The molecule has 4 aromatic carbocycles. The highest BCUT2D eigenvalue weighted by atomic mass is 35.5. The van der Waals surface area contributed by atoms with Crippen LogP contribution in [0.2, 0.25) is 10.0 Å². The largest absolute Gasteiger partial charge is 0.506 e. The lowest BCUT2D eigenvalue weighted by Crippen LogP contribution is -2.32. The number of benzene rings is 4. The van der Waals surface area contributed by atoms with Crippen LogP contribution in [0.25, 0.3) is 21.7 Å². The molecule has 0 aliphatic rings. The first-order valence-electron chi connectivity index (χ1n) is 11.4. The van der Waals surface area contributed by atoms with Gasteiger partial charge in [-0.25, -0.2) is 4.98 Å². The molecule has 0 radical (unpaired) electrons. The highest BCUT2D eigenvalue weighted by molar-refractivity contribution is 6.31. The van der Waals surface area contributed by atoms with Gasteiger partial charge in [0, 0.05) is 27.5 Å². The van der Waals surface area contributed by atoms with Gasteiger partial charge in [-0.1, -0.05) is 65.7 Å². The number of anilines is 1. The minimum atomic E-state index is -0.809. The highest BCUT2D eigenvalue weighted by Crippen LogP contribution is 2.38. The Hall–Kier alpha value is -3.80. The third kappa shape index (κ3) is 4.68. The number of nitrogens with one attached hydrogen (secondary N) is 1. The van der Waals surface area contributed by atoms with Crippen molar-refractivity contribution in [1.82, 2.24) is 4.98 Å². The van der Waals surface area contributed by atoms with Crippen molar-refractivity contribution in [3.8, 4) is 11.6 Å². The molecule has 5 nitrogen and oxygen atoms in total. The van der Waals surface area contributed by atoms with Crippen molar-refractivity contribution in [3.63, 3.8) is 0 Å². The fourth-order valence-electron chi connectivity index (χ4n) is 4.47. The molecule has 0 aliphatic carbocycles. The molecule has 5 aromatic rings. The van der Waals surface area contributed by atoms with Crippen LogP contribution in [0.3, 0.4) is 0 Å². The number of rotatable bonds is 6. The van der Waals surface area contributed by atoms with Crippen LogP contribution in [-0.4, -0.2) is 27.0 Å². The number of ketones is 1. The minimum absolute atomic E-state index is 0.236. The predicted molar refractivity (Wildman–Crippen MR) is 146 cm³/mol. The zero-order valence-electron chi connectivity index (χ0n) is 19.3. The molecule has 1 atom stereocenters. The molecule has 3 N–H and O–H groups in total. The molecule has 180 valence electrons. The van der Waals surface area contributed by atoms with E-state index in [0.717, 1.165) is 22.0 Å². The van der Waals surface area contributed by atoms with Crippen LogP contribution < -0.4 is 5.32 Å². The number of carbonyl (C=O) groups is 1. The van der Waals surface area contributed by atoms with Gasteiger partial charge in [-0.3, -0.25) is 4.79 Å². The van der Waals surface area contributed by atoms with Crippen LogP contribution >= 0.6 is 23.2 Å². The van der Waals surface area contributed by atoms with E-state index in [1.54, 1.807) is 25.1 Å². The summed E-state index contributed by atoms with van der Waals surface area (Å²) in [5.41, 5.74) is 2.31. The Morgan fingerprint density at radius 3 is 2.39 bits per heavy atom. The number of Topliss-reactive ketones (excluding diaryl/α,β-unsaturated/α-hetero) is 1. The second-order valence-electron chi connectivity index (χ2n) is 8.73. The molecule has 36 heavy (non-hydrogen) atoms. The van der Waals surface area contributed by atoms with Crippen molar-refractivity contribution < 1.29 is 15.0 Å². The van der Waals surface area contributed by atoms with Gasteiger partial charge in [0.05, 0.1) is 11.6 Å². The fourth-order valence-corrected chi connectivity index (χ4v) is 4.86.